The lowest BCUT2D eigenvalue weighted by Gasteiger charge is -2.10. The molecule has 1 aliphatic carbocycles. The largest absolute Gasteiger partial charge is 0.280 e. The van der Waals surface area contributed by atoms with Gasteiger partial charge in [0.2, 0.25) is 0 Å². The van der Waals surface area contributed by atoms with Crippen molar-refractivity contribution >= 4 is 63.6 Å². The first-order valence-electron chi connectivity index (χ1n) is 7.60. The quantitative estimate of drug-likeness (QED) is 0.512. The standard InChI is InChI=1S/C16H18Br3N3O2S/c1-15(2)14(16(15,3)4)11-7-12(21-20-11)22-25(23,24)13-9(18)5-8(17)6-10(13)19/h5-7,14H,1-4H3,(H2,20,21,22). The van der Waals surface area contributed by atoms with Crippen molar-refractivity contribution in [3.8, 4) is 0 Å². The predicted molar refractivity (Wildman–Crippen MR) is 109 cm³/mol. The summed E-state index contributed by atoms with van der Waals surface area (Å²) in [6.45, 7) is 8.83. The van der Waals surface area contributed by atoms with Crippen molar-refractivity contribution in [2.24, 2.45) is 10.8 Å². The average molecular weight is 556 g/mol. The summed E-state index contributed by atoms with van der Waals surface area (Å²) in [5, 5.41) is 7.12. The average Bonchev–Trinajstić information content (AvgIpc) is 2.71. The Hall–Kier alpha value is -0.380. The molecule has 1 aromatic carbocycles. The lowest BCUT2D eigenvalue weighted by atomic mass is 10.0. The Bertz CT molecular complexity index is 914. The van der Waals surface area contributed by atoms with Gasteiger partial charge in [-0.1, -0.05) is 43.6 Å². The van der Waals surface area contributed by atoms with Crippen molar-refractivity contribution in [3.05, 3.63) is 37.3 Å². The van der Waals surface area contributed by atoms with E-state index in [9.17, 15) is 8.42 Å². The highest BCUT2D eigenvalue weighted by Crippen LogP contribution is 2.73. The normalized spacial score (nSPS) is 19.0. The molecule has 5 nitrogen and oxygen atoms in total. The van der Waals surface area contributed by atoms with Crippen LogP contribution in [0.4, 0.5) is 5.82 Å². The van der Waals surface area contributed by atoms with Crippen LogP contribution in [0.25, 0.3) is 0 Å². The van der Waals surface area contributed by atoms with Crippen LogP contribution in [0.5, 0.6) is 0 Å². The molecule has 0 aliphatic heterocycles. The van der Waals surface area contributed by atoms with Gasteiger partial charge in [0.25, 0.3) is 10.0 Å². The second kappa shape index (κ2) is 6.07. The summed E-state index contributed by atoms with van der Waals surface area (Å²) in [5.41, 5.74) is 1.24. The van der Waals surface area contributed by atoms with Crippen LogP contribution in [0, 0.1) is 10.8 Å². The Kier molecular flexibility index (Phi) is 4.71. The first kappa shape index (κ1) is 19.4. The maximum absolute atomic E-state index is 12.8. The van der Waals surface area contributed by atoms with Gasteiger partial charge in [0.05, 0.1) is 0 Å². The van der Waals surface area contributed by atoms with Crippen molar-refractivity contribution < 1.29 is 8.42 Å². The molecule has 0 bridgehead atoms. The van der Waals surface area contributed by atoms with E-state index in [1.54, 1.807) is 18.2 Å². The van der Waals surface area contributed by atoms with Gasteiger partial charge in [-0.25, -0.2) is 8.42 Å². The van der Waals surface area contributed by atoms with E-state index < -0.39 is 10.0 Å². The van der Waals surface area contributed by atoms with Crippen LogP contribution in [0.15, 0.2) is 36.5 Å². The van der Waals surface area contributed by atoms with Gasteiger partial charge in [0.1, 0.15) is 4.90 Å². The second-order valence-electron chi connectivity index (χ2n) is 7.39. The Labute approximate surface area is 172 Å². The van der Waals surface area contributed by atoms with Gasteiger partial charge < -0.3 is 0 Å². The Balaban J connectivity index is 1.89. The second-order valence-corrected chi connectivity index (χ2v) is 11.6. The molecule has 1 saturated carbocycles. The van der Waals surface area contributed by atoms with Gasteiger partial charge in [0, 0.05) is 31.1 Å². The predicted octanol–water partition coefficient (Wildman–Crippen LogP) is 5.65. The molecule has 1 fully saturated rings. The minimum Gasteiger partial charge on any atom is -0.280 e. The molecule has 1 heterocycles. The number of benzene rings is 1. The van der Waals surface area contributed by atoms with E-state index in [4.69, 9.17) is 0 Å². The van der Waals surface area contributed by atoms with Gasteiger partial charge in [-0.3, -0.25) is 9.82 Å². The van der Waals surface area contributed by atoms with Gasteiger partial charge in [-0.15, -0.1) is 0 Å². The van der Waals surface area contributed by atoms with Gasteiger partial charge in [-0.05, 0) is 54.8 Å². The molecule has 1 aliphatic rings. The molecular weight excluding hydrogens is 538 g/mol. The van der Waals surface area contributed by atoms with Crippen molar-refractivity contribution in [2.75, 3.05) is 4.72 Å². The fourth-order valence-corrected chi connectivity index (χ4v) is 8.14. The summed E-state index contributed by atoms with van der Waals surface area (Å²) < 4.78 is 29.8. The molecule has 25 heavy (non-hydrogen) atoms. The summed E-state index contributed by atoms with van der Waals surface area (Å²) in [5.74, 6) is 0.604. The van der Waals surface area contributed by atoms with Gasteiger partial charge in [0.15, 0.2) is 5.82 Å². The smallest absolute Gasteiger partial charge is 0.265 e. The van der Waals surface area contributed by atoms with Crippen LogP contribution in [0.2, 0.25) is 0 Å². The summed E-state index contributed by atoms with van der Waals surface area (Å²) in [6.07, 6.45) is 0. The van der Waals surface area contributed by atoms with E-state index in [-0.39, 0.29) is 21.5 Å². The molecular formula is C16H18Br3N3O2S. The lowest BCUT2D eigenvalue weighted by molar-refractivity contribution is 0.457. The molecule has 2 N–H and O–H groups in total. The number of H-pyrrole nitrogens is 1. The Morgan fingerprint density at radius 3 is 2.04 bits per heavy atom. The number of nitrogens with one attached hydrogen (secondary N) is 2. The number of aromatic nitrogens is 2. The summed E-state index contributed by atoms with van der Waals surface area (Å²) in [4.78, 5) is 0.132. The zero-order valence-electron chi connectivity index (χ0n) is 14.1. The van der Waals surface area contributed by atoms with Gasteiger partial charge in [-0.2, -0.15) is 5.10 Å². The monoisotopic (exact) mass is 553 g/mol. The third-order valence-corrected chi connectivity index (χ3v) is 9.09. The molecule has 0 radical (unpaired) electrons. The first-order chi connectivity index (χ1) is 11.4. The van der Waals surface area contributed by atoms with E-state index in [0.29, 0.717) is 14.9 Å². The van der Waals surface area contributed by atoms with Crippen LogP contribution in [-0.4, -0.2) is 18.6 Å². The van der Waals surface area contributed by atoms with Crippen molar-refractivity contribution in [2.45, 2.75) is 38.5 Å². The fourth-order valence-electron chi connectivity index (χ4n) is 3.49. The third kappa shape index (κ3) is 3.21. The number of hydrogen-bond donors (Lipinski definition) is 2. The van der Waals surface area contributed by atoms with E-state index in [0.717, 1.165) is 10.2 Å². The minimum atomic E-state index is -3.79. The number of aromatic amines is 1. The molecule has 3 rings (SSSR count). The first-order valence-corrected chi connectivity index (χ1v) is 11.5. The highest BCUT2D eigenvalue weighted by molar-refractivity contribution is 9.11. The maximum atomic E-state index is 12.8. The molecule has 0 spiro atoms. The van der Waals surface area contributed by atoms with Crippen LogP contribution < -0.4 is 4.72 Å². The van der Waals surface area contributed by atoms with Crippen molar-refractivity contribution in [1.82, 2.24) is 10.2 Å². The number of halogens is 3. The lowest BCUT2D eigenvalue weighted by Crippen LogP contribution is -2.14. The highest BCUT2D eigenvalue weighted by Gasteiger charge is 2.65. The Morgan fingerprint density at radius 2 is 1.56 bits per heavy atom. The molecule has 136 valence electrons. The van der Waals surface area contributed by atoms with Gasteiger partial charge >= 0.3 is 0 Å². The van der Waals surface area contributed by atoms with Crippen LogP contribution >= 0.6 is 47.8 Å². The summed E-state index contributed by atoms with van der Waals surface area (Å²) in [7, 11) is -3.79. The minimum absolute atomic E-state index is 0.132. The molecule has 2 aromatic rings. The maximum Gasteiger partial charge on any atom is 0.265 e. The number of anilines is 1. The number of nitrogens with zero attached hydrogens (tertiary/aromatic N) is 1. The summed E-state index contributed by atoms with van der Waals surface area (Å²) >= 11 is 9.95. The fraction of sp³-hybridized carbons (Fsp3) is 0.438. The molecule has 0 saturated heterocycles. The molecule has 0 unspecified atom stereocenters. The zero-order chi connectivity index (χ0) is 18.8. The number of rotatable bonds is 4. The third-order valence-electron chi connectivity index (χ3n) is 5.40. The van der Waals surface area contributed by atoms with Crippen molar-refractivity contribution in [1.29, 1.82) is 0 Å². The van der Waals surface area contributed by atoms with E-state index >= 15 is 0 Å². The number of sulfonamides is 1. The van der Waals surface area contributed by atoms with Crippen LogP contribution in [0.1, 0.15) is 39.3 Å². The highest BCUT2D eigenvalue weighted by atomic mass is 79.9. The van der Waals surface area contributed by atoms with Crippen LogP contribution in [0.3, 0.4) is 0 Å². The summed E-state index contributed by atoms with van der Waals surface area (Å²) in [6, 6.07) is 5.15. The zero-order valence-corrected chi connectivity index (χ0v) is 19.7. The van der Waals surface area contributed by atoms with Crippen molar-refractivity contribution in [3.63, 3.8) is 0 Å². The van der Waals surface area contributed by atoms with E-state index in [1.807, 2.05) is 0 Å². The molecule has 0 amide bonds. The van der Waals surface area contributed by atoms with E-state index in [1.165, 1.54) is 0 Å². The molecule has 9 heteroatoms. The Morgan fingerprint density at radius 1 is 1.04 bits per heavy atom. The van der Waals surface area contributed by atoms with Crippen LogP contribution in [-0.2, 0) is 10.0 Å². The van der Waals surface area contributed by atoms with E-state index in [2.05, 4.69) is 90.4 Å². The number of hydrogen-bond acceptors (Lipinski definition) is 3. The molecule has 0 atom stereocenters. The molecule has 1 aromatic heterocycles. The topological polar surface area (TPSA) is 74.8 Å². The SMILES string of the molecule is CC1(C)C(c2cc(NS(=O)(=O)c3c(Br)cc(Br)cc3Br)n[nH]2)C1(C)C.